The maximum atomic E-state index is 12.1. The van der Waals surface area contributed by atoms with Gasteiger partial charge in [-0.15, -0.1) is 11.3 Å². The Balaban J connectivity index is 1.64. The SMILES string of the molecule is Cc1ccc(C(=O)CCc2ccc3c(c2)CCO3)s1. The minimum atomic E-state index is 0.245. The van der Waals surface area contributed by atoms with Gasteiger partial charge in [0.1, 0.15) is 5.75 Å². The number of thiophene rings is 1. The summed E-state index contributed by atoms with van der Waals surface area (Å²) >= 11 is 1.58. The van der Waals surface area contributed by atoms with E-state index in [-0.39, 0.29) is 5.78 Å². The number of rotatable bonds is 4. The molecule has 1 aromatic heterocycles. The van der Waals surface area contributed by atoms with Gasteiger partial charge < -0.3 is 4.74 Å². The fourth-order valence-electron chi connectivity index (χ4n) is 2.36. The first-order valence-electron chi connectivity index (χ1n) is 6.56. The van der Waals surface area contributed by atoms with E-state index in [1.54, 1.807) is 11.3 Å². The van der Waals surface area contributed by atoms with Crippen molar-refractivity contribution in [2.75, 3.05) is 6.61 Å². The van der Waals surface area contributed by atoms with Gasteiger partial charge in [-0.3, -0.25) is 4.79 Å². The van der Waals surface area contributed by atoms with E-state index in [9.17, 15) is 4.79 Å². The van der Waals surface area contributed by atoms with E-state index in [4.69, 9.17) is 4.74 Å². The zero-order valence-corrected chi connectivity index (χ0v) is 11.8. The topological polar surface area (TPSA) is 26.3 Å². The second-order valence-electron chi connectivity index (χ2n) is 4.87. The van der Waals surface area contributed by atoms with Crippen molar-refractivity contribution in [3.8, 4) is 5.75 Å². The third-order valence-corrected chi connectivity index (χ3v) is 4.45. The molecular formula is C16H16O2S. The second-order valence-corrected chi connectivity index (χ2v) is 6.16. The Morgan fingerprint density at radius 2 is 2.21 bits per heavy atom. The lowest BCUT2D eigenvalue weighted by molar-refractivity contribution is 0.0986. The van der Waals surface area contributed by atoms with Gasteiger partial charge in [0.05, 0.1) is 11.5 Å². The summed E-state index contributed by atoms with van der Waals surface area (Å²) in [6.45, 7) is 2.81. The van der Waals surface area contributed by atoms with Crippen LogP contribution in [0.2, 0.25) is 0 Å². The zero-order chi connectivity index (χ0) is 13.2. The Morgan fingerprint density at radius 3 is 3.00 bits per heavy atom. The lowest BCUT2D eigenvalue weighted by atomic mass is 10.0. The Hall–Kier alpha value is -1.61. The smallest absolute Gasteiger partial charge is 0.173 e. The Labute approximate surface area is 117 Å². The summed E-state index contributed by atoms with van der Waals surface area (Å²) in [5, 5.41) is 0. The Morgan fingerprint density at radius 1 is 1.32 bits per heavy atom. The first-order chi connectivity index (χ1) is 9.22. The summed E-state index contributed by atoms with van der Waals surface area (Å²) < 4.78 is 5.49. The molecule has 2 nitrogen and oxygen atoms in total. The summed E-state index contributed by atoms with van der Waals surface area (Å²) in [6.07, 6.45) is 2.38. The van der Waals surface area contributed by atoms with Crippen LogP contribution in [0.4, 0.5) is 0 Å². The highest BCUT2D eigenvalue weighted by molar-refractivity contribution is 7.14. The average molecular weight is 272 g/mol. The molecule has 19 heavy (non-hydrogen) atoms. The van der Waals surface area contributed by atoms with Gasteiger partial charge in [0.15, 0.2) is 5.78 Å². The van der Waals surface area contributed by atoms with E-state index in [0.717, 1.165) is 30.1 Å². The van der Waals surface area contributed by atoms with E-state index in [1.807, 2.05) is 25.1 Å². The molecule has 1 aliphatic heterocycles. The molecule has 0 unspecified atom stereocenters. The van der Waals surface area contributed by atoms with Crippen LogP contribution in [0.3, 0.4) is 0 Å². The number of ketones is 1. The summed E-state index contributed by atoms with van der Waals surface area (Å²) in [5.41, 5.74) is 2.50. The van der Waals surface area contributed by atoms with Crippen LogP contribution in [0.1, 0.15) is 32.1 Å². The lowest BCUT2D eigenvalue weighted by Crippen LogP contribution is -1.98. The van der Waals surface area contributed by atoms with E-state index in [0.29, 0.717) is 6.42 Å². The number of benzene rings is 1. The Kier molecular flexibility index (Phi) is 3.38. The molecule has 0 spiro atoms. The van der Waals surface area contributed by atoms with Gasteiger partial charge in [0.2, 0.25) is 0 Å². The van der Waals surface area contributed by atoms with Crippen molar-refractivity contribution in [2.24, 2.45) is 0 Å². The van der Waals surface area contributed by atoms with Gasteiger partial charge in [-0.2, -0.15) is 0 Å². The van der Waals surface area contributed by atoms with Crippen LogP contribution in [0.15, 0.2) is 30.3 Å². The minimum absolute atomic E-state index is 0.245. The monoisotopic (exact) mass is 272 g/mol. The second kappa shape index (κ2) is 5.17. The van der Waals surface area contributed by atoms with Crippen LogP contribution in [-0.2, 0) is 12.8 Å². The van der Waals surface area contributed by atoms with Crippen molar-refractivity contribution >= 4 is 17.1 Å². The maximum Gasteiger partial charge on any atom is 0.173 e. The molecular weight excluding hydrogens is 256 g/mol. The van der Waals surface area contributed by atoms with Crippen molar-refractivity contribution in [3.05, 3.63) is 51.2 Å². The molecule has 2 aromatic rings. The molecule has 3 rings (SSSR count). The van der Waals surface area contributed by atoms with Crippen molar-refractivity contribution in [2.45, 2.75) is 26.2 Å². The van der Waals surface area contributed by atoms with E-state index < -0.39 is 0 Å². The molecule has 1 aliphatic rings. The molecule has 2 heterocycles. The van der Waals surface area contributed by atoms with E-state index >= 15 is 0 Å². The van der Waals surface area contributed by atoms with Crippen molar-refractivity contribution < 1.29 is 9.53 Å². The number of hydrogen-bond donors (Lipinski definition) is 0. The summed E-state index contributed by atoms with van der Waals surface area (Å²) in [6, 6.07) is 10.2. The highest BCUT2D eigenvalue weighted by Gasteiger charge is 2.13. The fourth-order valence-corrected chi connectivity index (χ4v) is 3.20. The van der Waals surface area contributed by atoms with Crippen molar-refractivity contribution in [3.63, 3.8) is 0 Å². The van der Waals surface area contributed by atoms with Crippen LogP contribution in [0, 0.1) is 6.92 Å². The van der Waals surface area contributed by atoms with Gasteiger partial charge in [-0.1, -0.05) is 12.1 Å². The molecule has 0 amide bonds. The predicted octanol–water partition coefficient (Wildman–Crippen LogP) is 3.81. The fraction of sp³-hybridized carbons (Fsp3) is 0.312. The number of carbonyl (C=O) groups is 1. The number of carbonyl (C=O) groups excluding carboxylic acids is 1. The molecule has 0 bridgehead atoms. The molecule has 0 atom stereocenters. The van der Waals surface area contributed by atoms with Crippen molar-refractivity contribution in [1.82, 2.24) is 0 Å². The maximum absolute atomic E-state index is 12.1. The zero-order valence-electron chi connectivity index (χ0n) is 10.9. The standard InChI is InChI=1S/C16H16O2S/c1-11-2-7-16(19-11)14(17)5-3-12-4-6-15-13(10-12)8-9-18-15/h2,4,6-7,10H,3,5,8-9H2,1H3. The minimum Gasteiger partial charge on any atom is -0.493 e. The number of aryl methyl sites for hydroxylation is 2. The summed E-state index contributed by atoms with van der Waals surface area (Å²) in [5.74, 6) is 1.25. The lowest BCUT2D eigenvalue weighted by Gasteiger charge is -2.03. The van der Waals surface area contributed by atoms with Gasteiger partial charge in [0.25, 0.3) is 0 Å². The highest BCUT2D eigenvalue weighted by Crippen LogP contribution is 2.26. The summed E-state index contributed by atoms with van der Waals surface area (Å²) in [7, 11) is 0. The number of hydrogen-bond acceptors (Lipinski definition) is 3. The Bertz CT molecular complexity index is 613. The van der Waals surface area contributed by atoms with E-state index in [2.05, 4.69) is 12.1 Å². The van der Waals surface area contributed by atoms with Gasteiger partial charge >= 0.3 is 0 Å². The first-order valence-corrected chi connectivity index (χ1v) is 7.38. The molecule has 0 fully saturated rings. The molecule has 0 radical (unpaired) electrons. The average Bonchev–Trinajstić information content (AvgIpc) is 3.03. The van der Waals surface area contributed by atoms with Crippen LogP contribution in [-0.4, -0.2) is 12.4 Å². The van der Waals surface area contributed by atoms with Crippen molar-refractivity contribution in [1.29, 1.82) is 0 Å². The first kappa shape index (κ1) is 12.4. The van der Waals surface area contributed by atoms with Crippen LogP contribution >= 0.6 is 11.3 Å². The third kappa shape index (κ3) is 2.71. The van der Waals surface area contributed by atoms with E-state index in [1.165, 1.54) is 16.0 Å². The predicted molar refractivity (Wildman–Crippen MR) is 77.3 cm³/mol. The number of Topliss-reactive ketones (excluding diaryl/α,β-unsaturated/α-hetero) is 1. The quantitative estimate of drug-likeness (QED) is 0.791. The van der Waals surface area contributed by atoms with Gasteiger partial charge in [-0.05, 0) is 42.7 Å². The third-order valence-electron chi connectivity index (χ3n) is 3.41. The molecule has 1 aromatic carbocycles. The number of ether oxygens (including phenoxy) is 1. The molecule has 0 aliphatic carbocycles. The molecule has 98 valence electrons. The largest absolute Gasteiger partial charge is 0.493 e. The molecule has 0 saturated carbocycles. The highest BCUT2D eigenvalue weighted by atomic mass is 32.1. The number of fused-ring (bicyclic) bond motifs is 1. The normalized spacial score (nSPS) is 13.1. The molecule has 3 heteroatoms. The van der Waals surface area contributed by atoms with Gasteiger partial charge in [-0.25, -0.2) is 0 Å². The molecule has 0 N–H and O–H groups in total. The van der Waals surface area contributed by atoms with Crippen LogP contribution in [0.5, 0.6) is 5.75 Å². The molecule has 0 saturated heterocycles. The summed E-state index contributed by atoms with van der Waals surface area (Å²) in [4.78, 5) is 14.1. The van der Waals surface area contributed by atoms with Crippen LogP contribution in [0.25, 0.3) is 0 Å². The van der Waals surface area contributed by atoms with Gasteiger partial charge in [0, 0.05) is 17.7 Å². The van der Waals surface area contributed by atoms with Crippen LogP contribution < -0.4 is 4.74 Å².